The summed E-state index contributed by atoms with van der Waals surface area (Å²) in [5.41, 5.74) is 2.87. The first kappa shape index (κ1) is 16.1. The average Bonchev–Trinajstić information content (AvgIpc) is 2.97. The van der Waals surface area contributed by atoms with Crippen molar-refractivity contribution in [3.05, 3.63) is 53.6 Å². The Kier molecular flexibility index (Phi) is 3.94. The first-order valence-electron chi connectivity index (χ1n) is 8.88. The first-order chi connectivity index (χ1) is 12.1. The second-order valence-corrected chi connectivity index (χ2v) is 7.56. The van der Waals surface area contributed by atoms with Crippen LogP contribution in [0.1, 0.15) is 54.2 Å². The van der Waals surface area contributed by atoms with Gasteiger partial charge in [0.15, 0.2) is 0 Å². The van der Waals surface area contributed by atoms with Gasteiger partial charge in [0.25, 0.3) is 5.91 Å². The Bertz CT molecular complexity index is 781. The number of fused-ring (bicyclic) bond motifs is 1. The summed E-state index contributed by atoms with van der Waals surface area (Å²) in [6.07, 6.45) is 5.25. The van der Waals surface area contributed by atoms with Gasteiger partial charge in [-0.15, -0.1) is 0 Å². The maximum absolute atomic E-state index is 13.0. The molecule has 1 fully saturated rings. The van der Waals surface area contributed by atoms with Crippen LogP contribution in [0.25, 0.3) is 0 Å². The van der Waals surface area contributed by atoms with E-state index in [4.69, 9.17) is 4.74 Å². The molecule has 1 amide bonds. The number of rotatable bonds is 2. The Morgan fingerprint density at radius 2 is 2.04 bits per heavy atom. The molecule has 2 aromatic rings. The lowest BCUT2D eigenvalue weighted by atomic mass is 9.86. The number of aromatic nitrogens is 2. The van der Waals surface area contributed by atoms with E-state index in [0.29, 0.717) is 18.1 Å². The molecule has 0 saturated carbocycles. The zero-order valence-electron chi connectivity index (χ0n) is 14.7. The zero-order valence-corrected chi connectivity index (χ0v) is 14.7. The molecule has 4 rings (SSSR count). The van der Waals surface area contributed by atoms with Gasteiger partial charge >= 0.3 is 0 Å². The summed E-state index contributed by atoms with van der Waals surface area (Å²) in [6.45, 7) is 6.43. The third-order valence-corrected chi connectivity index (χ3v) is 5.36. The zero-order chi connectivity index (χ0) is 17.4. The van der Waals surface area contributed by atoms with E-state index in [9.17, 15) is 4.79 Å². The average molecular weight is 337 g/mol. The molecule has 0 unspecified atom stereocenters. The van der Waals surface area contributed by atoms with Gasteiger partial charge in [-0.2, -0.15) is 0 Å². The van der Waals surface area contributed by atoms with Crippen LogP contribution in [0.3, 0.4) is 0 Å². The highest BCUT2D eigenvalue weighted by Gasteiger charge is 2.36. The van der Waals surface area contributed by atoms with Crippen LogP contribution in [0.5, 0.6) is 5.75 Å². The summed E-state index contributed by atoms with van der Waals surface area (Å²) in [7, 11) is 0. The summed E-state index contributed by atoms with van der Waals surface area (Å²) in [5.74, 6) is 1.26. The van der Waals surface area contributed by atoms with Crippen LogP contribution < -0.4 is 4.74 Å². The predicted octanol–water partition coefficient (Wildman–Crippen LogP) is 3.17. The van der Waals surface area contributed by atoms with E-state index in [-0.39, 0.29) is 11.3 Å². The van der Waals surface area contributed by atoms with Crippen LogP contribution in [0.15, 0.2) is 36.8 Å². The van der Waals surface area contributed by atoms with Crippen LogP contribution in [-0.4, -0.2) is 40.5 Å². The van der Waals surface area contributed by atoms with E-state index in [1.165, 1.54) is 0 Å². The molecule has 0 radical (unpaired) electrons. The molecule has 2 aliphatic rings. The van der Waals surface area contributed by atoms with Gasteiger partial charge in [-0.25, -0.2) is 9.97 Å². The molecule has 2 aliphatic heterocycles. The van der Waals surface area contributed by atoms with Crippen molar-refractivity contribution in [3.8, 4) is 5.75 Å². The first-order valence-corrected chi connectivity index (χ1v) is 8.88. The van der Waals surface area contributed by atoms with Crippen LogP contribution in [0.4, 0.5) is 0 Å². The molecule has 5 nitrogen and oxygen atoms in total. The fourth-order valence-corrected chi connectivity index (χ4v) is 3.82. The molecular formula is C20H23N3O2. The molecule has 1 aromatic carbocycles. The quantitative estimate of drug-likeness (QED) is 0.845. The minimum Gasteiger partial charge on any atom is -0.492 e. The van der Waals surface area contributed by atoms with E-state index >= 15 is 0 Å². The number of para-hydroxylation sites is 1. The van der Waals surface area contributed by atoms with Crippen molar-refractivity contribution in [2.45, 2.75) is 38.0 Å². The number of ether oxygens (including phenoxy) is 1. The molecule has 0 bridgehead atoms. The standard InChI is InChI=1S/C20H23N3O2/c1-20(2)12-25-18-15(4-3-5-16(18)20)19(24)23-10-7-14(8-11-23)17-6-9-21-13-22-17/h3-6,9,13-14H,7-8,10-12H2,1-2H3. The van der Waals surface area contributed by atoms with Crippen LogP contribution >= 0.6 is 0 Å². The monoisotopic (exact) mass is 337 g/mol. The minimum atomic E-state index is -0.0361. The number of carbonyl (C=O) groups is 1. The summed E-state index contributed by atoms with van der Waals surface area (Å²) in [5, 5.41) is 0. The van der Waals surface area contributed by atoms with E-state index < -0.39 is 0 Å². The van der Waals surface area contributed by atoms with Gasteiger partial charge in [-0.1, -0.05) is 26.0 Å². The number of hydrogen-bond acceptors (Lipinski definition) is 4. The molecule has 5 heteroatoms. The summed E-state index contributed by atoms with van der Waals surface area (Å²) in [6, 6.07) is 7.90. The summed E-state index contributed by atoms with van der Waals surface area (Å²) in [4.78, 5) is 23.3. The number of piperidine rings is 1. The van der Waals surface area contributed by atoms with Crippen molar-refractivity contribution in [1.82, 2.24) is 14.9 Å². The molecule has 0 atom stereocenters. The molecule has 0 aliphatic carbocycles. The highest BCUT2D eigenvalue weighted by molar-refractivity contribution is 5.97. The van der Waals surface area contributed by atoms with Gasteiger partial charge in [0.05, 0.1) is 12.2 Å². The van der Waals surface area contributed by atoms with Crippen molar-refractivity contribution in [2.24, 2.45) is 0 Å². The smallest absolute Gasteiger partial charge is 0.257 e. The largest absolute Gasteiger partial charge is 0.492 e. The normalized spacial score (nSPS) is 19.4. The minimum absolute atomic E-state index is 0.0361. The third kappa shape index (κ3) is 2.88. The fraction of sp³-hybridized carbons (Fsp3) is 0.450. The van der Waals surface area contributed by atoms with Crippen molar-refractivity contribution in [1.29, 1.82) is 0 Å². The van der Waals surface area contributed by atoms with Gasteiger partial charge in [-0.05, 0) is 25.0 Å². The number of hydrogen-bond donors (Lipinski definition) is 0. The van der Waals surface area contributed by atoms with E-state index in [2.05, 4.69) is 29.9 Å². The van der Waals surface area contributed by atoms with Crippen LogP contribution in [0.2, 0.25) is 0 Å². The molecular weight excluding hydrogens is 314 g/mol. The van der Waals surface area contributed by atoms with Crippen LogP contribution in [-0.2, 0) is 5.41 Å². The lowest BCUT2D eigenvalue weighted by Crippen LogP contribution is -2.38. The number of likely N-dealkylation sites (tertiary alicyclic amines) is 1. The molecule has 0 N–H and O–H groups in total. The summed E-state index contributed by atoms with van der Waals surface area (Å²) >= 11 is 0. The molecule has 3 heterocycles. The molecule has 1 aromatic heterocycles. The number of amides is 1. The number of benzene rings is 1. The Morgan fingerprint density at radius 3 is 2.76 bits per heavy atom. The van der Waals surface area contributed by atoms with Crippen molar-refractivity contribution in [3.63, 3.8) is 0 Å². The highest BCUT2D eigenvalue weighted by atomic mass is 16.5. The van der Waals surface area contributed by atoms with Crippen molar-refractivity contribution in [2.75, 3.05) is 19.7 Å². The van der Waals surface area contributed by atoms with Gasteiger partial charge in [0.1, 0.15) is 12.1 Å². The lowest BCUT2D eigenvalue weighted by Gasteiger charge is -2.32. The van der Waals surface area contributed by atoms with Gasteiger partial charge in [0.2, 0.25) is 0 Å². The fourth-order valence-electron chi connectivity index (χ4n) is 3.82. The highest BCUT2D eigenvalue weighted by Crippen LogP contribution is 2.41. The van der Waals surface area contributed by atoms with Crippen molar-refractivity contribution >= 4 is 5.91 Å². The Morgan fingerprint density at radius 1 is 1.24 bits per heavy atom. The lowest BCUT2D eigenvalue weighted by molar-refractivity contribution is 0.0708. The predicted molar refractivity (Wildman–Crippen MR) is 94.9 cm³/mol. The number of carbonyl (C=O) groups excluding carboxylic acids is 1. The van der Waals surface area contributed by atoms with E-state index in [0.717, 1.165) is 42.9 Å². The molecule has 25 heavy (non-hydrogen) atoms. The van der Waals surface area contributed by atoms with E-state index in [1.807, 2.05) is 23.1 Å². The van der Waals surface area contributed by atoms with Gasteiger partial charge in [0, 0.05) is 41.9 Å². The van der Waals surface area contributed by atoms with Crippen molar-refractivity contribution < 1.29 is 9.53 Å². The van der Waals surface area contributed by atoms with Gasteiger partial charge in [-0.3, -0.25) is 4.79 Å². The second kappa shape index (κ2) is 6.14. The Hall–Kier alpha value is -2.43. The molecule has 0 spiro atoms. The maximum Gasteiger partial charge on any atom is 0.257 e. The third-order valence-electron chi connectivity index (χ3n) is 5.36. The number of nitrogens with zero attached hydrogens (tertiary/aromatic N) is 3. The summed E-state index contributed by atoms with van der Waals surface area (Å²) < 4.78 is 5.88. The Balaban J connectivity index is 1.50. The Labute approximate surface area is 148 Å². The SMILES string of the molecule is CC1(C)COc2c(C(=O)N3CCC(c4ccncn4)CC3)cccc21. The molecule has 1 saturated heterocycles. The van der Waals surface area contributed by atoms with Gasteiger partial charge < -0.3 is 9.64 Å². The maximum atomic E-state index is 13.0. The van der Waals surface area contributed by atoms with E-state index in [1.54, 1.807) is 12.5 Å². The van der Waals surface area contributed by atoms with Crippen LogP contribution in [0, 0.1) is 0 Å². The second-order valence-electron chi connectivity index (χ2n) is 7.56. The molecule has 130 valence electrons. The topological polar surface area (TPSA) is 55.3 Å².